The van der Waals surface area contributed by atoms with E-state index < -0.39 is 0 Å². The predicted molar refractivity (Wildman–Crippen MR) is 85.2 cm³/mol. The molecule has 0 saturated heterocycles. The molecule has 0 aliphatic rings. The number of rotatable bonds is 3. The van der Waals surface area contributed by atoms with Crippen LogP contribution in [-0.2, 0) is 13.6 Å². The van der Waals surface area contributed by atoms with Gasteiger partial charge in [0.05, 0.1) is 5.56 Å². The Labute approximate surface area is 128 Å². The number of nitrogens with one attached hydrogen (secondary N) is 1. The number of carbonyl (C=O) groups is 1. The summed E-state index contributed by atoms with van der Waals surface area (Å²) in [5.74, 6) is -0.491. The van der Waals surface area contributed by atoms with Gasteiger partial charge < -0.3 is 9.88 Å². The molecule has 0 radical (unpaired) electrons. The van der Waals surface area contributed by atoms with Crippen LogP contribution in [0.4, 0.5) is 4.39 Å². The third kappa shape index (κ3) is 2.37. The first-order chi connectivity index (χ1) is 10.6. The summed E-state index contributed by atoms with van der Waals surface area (Å²) < 4.78 is 15.6. The fourth-order valence-corrected chi connectivity index (χ4v) is 2.71. The van der Waals surface area contributed by atoms with Crippen molar-refractivity contribution >= 4 is 16.8 Å². The number of carbonyl (C=O) groups excluding carboxylic acids is 1. The summed E-state index contributed by atoms with van der Waals surface area (Å²) in [6, 6.07) is 14.2. The Kier molecular flexibility index (Phi) is 3.67. The van der Waals surface area contributed by atoms with E-state index in [-0.39, 0.29) is 18.3 Å². The van der Waals surface area contributed by atoms with Gasteiger partial charge >= 0.3 is 0 Å². The topological polar surface area (TPSA) is 34.0 Å². The molecule has 0 saturated carbocycles. The fourth-order valence-electron chi connectivity index (χ4n) is 2.71. The molecule has 0 unspecified atom stereocenters. The lowest BCUT2D eigenvalue weighted by atomic mass is 10.1. The van der Waals surface area contributed by atoms with E-state index >= 15 is 0 Å². The summed E-state index contributed by atoms with van der Waals surface area (Å²) >= 11 is 0. The van der Waals surface area contributed by atoms with Crippen LogP contribution in [-0.4, -0.2) is 10.5 Å². The van der Waals surface area contributed by atoms with Crippen LogP contribution >= 0.6 is 0 Å². The van der Waals surface area contributed by atoms with Crippen molar-refractivity contribution in [3.63, 3.8) is 0 Å². The van der Waals surface area contributed by atoms with Gasteiger partial charge in [0.1, 0.15) is 5.82 Å². The Morgan fingerprint density at radius 1 is 1.14 bits per heavy atom. The average molecular weight is 296 g/mol. The van der Waals surface area contributed by atoms with Gasteiger partial charge in [0.15, 0.2) is 0 Å². The van der Waals surface area contributed by atoms with Crippen molar-refractivity contribution < 1.29 is 9.18 Å². The second kappa shape index (κ2) is 5.64. The van der Waals surface area contributed by atoms with Gasteiger partial charge in [0, 0.05) is 35.8 Å². The number of nitrogens with zero attached hydrogens (tertiary/aromatic N) is 1. The molecule has 22 heavy (non-hydrogen) atoms. The minimum atomic E-state index is -0.308. The van der Waals surface area contributed by atoms with Crippen molar-refractivity contribution in [3.8, 4) is 0 Å². The molecule has 0 atom stereocenters. The zero-order valence-electron chi connectivity index (χ0n) is 12.6. The zero-order valence-corrected chi connectivity index (χ0v) is 12.6. The van der Waals surface area contributed by atoms with Crippen molar-refractivity contribution in [2.24, 2.45) is 7.05 Å². The molecule has 4 heteroatoms. The van der Waals surface area contributed by atoms with Crippen molar-refractivity contribution in [1.82, 2.24) is 9.88 Å². The maximum Gasteiger partial charge on any atom is 0.254 e. The van der Waals surface area contributed by atoms with E-state index in [0.717, 1.165) is 16.6 Å². The zero-order chi connectivity index (χ0) is 15.7. The van der Waals surface area contributed by atoms with E-state index in [0.29, 0.717) is 11.1 Å². The van der Waals surface area contributed by atoms with Crippen LogP contribution < -0.4 is 5.32 Å². The average Bonchev–Trinajstić information content (AvgIpc) is 2.78. The van der Waals surface area contributed by atoms with Crippen LogP contribution in [0.3, 0.4) is 0 Å². The second-order valence-electron chi connectivity index (χ2n) is 5.31. The molecule has 2 aromatic carbocycles. The van der Waals surface area contributed by atoms with Gasteiger partial charge in [-0.3, -0.25) is 4.79 Å². The van der Waals surface area contributed by atoms with Gasteiger partial charge in [-0.05, 0) is 19.1 Å². The predicted octanol–water partition coefficient (Wildman–Crippen LogP) is 3.56. The summed E-state index contributed by atoms with van der Waals surface area (Å²) in [5, 5.41) is 3.72. The second-order valence-corrected chi connectivity index (χ2v) is 5.31. The highest BCUT2D eigenvalue weighted by Crippen LogP contribution is 2.24. The monoisotopic (exact) mass is 296 g/mol. The first kappa shape index (κ1) is 14.3. The van der Waals surface area contributed by atoms with Crippen LogP contribution in [0, 0.1) is 12.7 Å². The minimum absolute atomic E-state index is 0.175. The molecule has 0 aliphatic heterocycles. The maximum atomic E-state index is 13.6. The van der Waals surface area contributed by atoms with E-state index in [2.05, 4.69) is 5.32 Å². The Balaban J connectivity index is 1.90. The molecular formula is C18H17FN2O. The number of amides is 1. The number of halogens is 1. The van der Waals surface area contributed by atoms with Crippen LogP contribution in [0.5, 0.6) is 0 Å². The summed E-state index contributed by atoms with van der Waals surface area (Å²) in [6.07, 6.45) is 0. The molecule has 1 amide bonds. The lowest BCUT2D eigenvalue weighted by Gasteiger charge is -2.07. The SMILES string of the molecule is Cc1c(C(=O)NCc2ccccc2F)c2ccccc2n1C. The molecule has 1 heterocycles. The standard InChI is InChI=1S/C18H17FN2O/c1-12-17(14-8-4-6-10-16(14)21(12)2)18(22)20-11-13-7-3-5-9-15(13)19/h3-10H,11H2,1-2H3,(H,20,22). The third-order valence-electron chi connectivity index (χ3n) is 4.02. The molecule has 0 spiro atoms. The Hall–Kier alpha value is -2.62. The Morgan fingerprint density at radius 2 is 1.82 bits per heavy atom. The molecule has 1 N–H and O–H groups in total. The molecule has 0 aliphatic carbocycles. The molecule has 3 aromatic rings. The van der Waals surface area contributed by atoms with E-state index in [1.807, 2.05) is 42.8 Å². The number of hydrogen-bond donors (Lipinski definition) is 1. The van der Waals surface area contributed by atoms with Crippen molar-refractivity contribution in [3.05, 3.63) is 71.2 Å². The molecule has 112 valence electrons. The number of fused-ring (bicyclic) bond motifs is 1. The summed E-state index contributed by atoms with van der Waals surface area (Å²) in [7, 11) is 1.94. The number of para-hydroxylation sites is 1. The van der Waals surface area contributed by atoms with Gasteiger partial charge in [-0.25, -0.2) is 4.39 Å². The highest BCUT2D eigenvalue weighted by atomic mass is 19.1. The van der Waals surface area contributed by atoms with Gasteiger partial charge in [-0.15, -0.1) is 0 Å². The quantitative estimate of drug-likeness (QED) is 0.788. The minimum Gasteiger partial charge on any atom is -0.348 e. The van der Waals surface area contributed by atoms with E-state index in [1.54, 1.807) is 18.2 Å². The fraction of sp³-hybridized carbons (Fsp3) is 0.167. The Morgan fingerprint density at radius 3 is 2.59 bits per heavy atom. The van der Waals surface area contributed by atoms with Gasteiger partial charge in [0.25, 0.3) is 5.91 Å². The van der Waals surface area contributed by atoms with Gasteiger partial charge in [-0.2, -0.15) is 0 Å². The van der Waals surface area contributed by atoms with Gasteiger partial charge in [-0.1, -0.05) is 36.4 Å². The number of aryl methyl sites for hydroxylation is 1. The maximum absolute atomic E-state index is 13.6. The van der Waals surface area contributed by atoms with Crippen LogP contribution in [0.2, 0.25) is 0 Å². The van der Waals surface area contributed by atoms with Crippen LogP contribution in [0.1, 0.15) is 21.6 Å². The summed E-state index contributed by atoms with van der Waals surface area (Å²) in [6.45, 7) is 2.09. The van der Waals surface area contributed by atoms with Crippen molar-refractivity contribution in [1.29, 1.82) is 0 Å². The largest absolute Gasteiger partial charge is 0.348 e. The molecular weight excluding hydrogens is 279 g/mol. The van der Waals surface area contributed by atoms with Gasteiger partial charge in [0.2, 0.25) is 0 Å². The first-order valence-electron chi connectivity index (χ1n) is 7.15. The highest BCUT2D eigenvalue weighted by molar-refractivity contribution is 6.08. The van der Waals surface area contributed by atoms with Crippen LogP contribution in [0.25, 0.3) is 10.9 Å². The molecule has 0 bridgehead atoms. The van der Waals surface area contributed by atoms with Crippen molar-refractivity contribution in [2.75, 3.05) is 0 Å². The van der Waals surface area contributed by atoms with E-state index in [9.17, 15) is 9.18 Å². The highest BCUT2D eigenvalue weighted by Gasteiger charge is 2.18. The summed E-state index contributed by atoms with van der Waals surface area (Å²) in [5.41, 5.74) is 3.03. The Bertz CT molecular complexity index is 851. The summed E-state index contributed by atoms with van der Waals surface area (Å²) in [4.78, 5) is 12.5. The molecule has 1 aromatic heterocycles. The molecule has 0 fully saturated rings. The number of hydrogen-bond acceptors (Lipinski definition) is 1. The van der Waals surface area contributed by atoms with E-state index in [4.69, 9.17) is 0 Å². The first-order valence-corrected chi connectivity index (χ1v) is 7.15. The van der Waals surface area contributed by atoms with Crippen molar-refractivity contribution in [2.45, 2.75) is 13.5 Å². The normalized spacial score (nSPS) is 10.9. The lowest BCUT2D eigenvalue weighted by Crippen LogP contribution is -2.24. The number of aromatic nitrogens is 1. The third-order valence-corrected chi connectivity index (χ3v) is 4.02. The molecule has 3 rings (SSSR count). The lowest BCUT2D eigenvalue weighted by molar-refractivity contribution is 0.0951. The molecule has 3 nitrogen and oxygen atoms in total. The van der Waals surface area contributed by atoms with Crippen LogP contribution in [0.15, 0.2) is 48.5 Å². The van der Waals surface area contributed by atoms with E-state index in [1.165, 1.54) is 6.07 Å². The number of benzene rings is 2. The smallest absolute Gasteiger partial charge is 0.254 e.